The predicted octanol–water partition coefficient (Wildman–Crippen LogP) is 5.82. The average Bonchev–Trinajstić information content (AvgIpc) is 1.39. The van der Waals surface area contributed by atoms with Crippen LogP contribution in [0.3, 0.4) is 0 Å². The van der Waals surface area contributed by atoms with Gasteiger partial charge in [0.1, 0.15) is 78.2 Å². The molecule has 0 saturated carbocycles. The molecule has 0 spiro atoms. The molecule has 548 valence electrons. The van der Waals surface area contributed by atoms with E-state index in [1.54, 1.807) is 47.0 Å². The molecular formula is C72H116N12O13S. The van der Waals surface area contributed by atoms with Gasteiger partial charge in [0.05, 0.1) is 12.6 Å². The Morgan fingerprint density at radius 1 is 0.541 bits per heavy atom. The molecule has 26 heteroatoms. The summed E-state index contributed by atoms with van der Waals surface area (Å²) in [6, 6.07) is -0.866. The molecule has 0 radical (unpaired) electrons. The normalized spacial score (nSPS) is 27.1. The van der Waals surface area contributed by atoms with Gasteiger partial charge in [-0.2, -0.15) is 0 Å². The van der Waals surface area contributed by atoms with E-state index in [4.69, 9.17) is 9.47 Å². The molecule has 1 aromatic carbocycles. The van der Waals surface area contributed by atoms with Gasteiger partial charge < -0.3 is 65.0 Å². The highest BCUT2D eigenvalue weighted by molar-refractivity contribution is 7.99. The minimum Gasteiger partial charge on any atom is -0.489 e. The first kappa shape index (κ1) is 83.1. The molecule has 25 nitrogen and oxygen atoms in total. The largest absolute Gasteiger partial charge is 0.489 e. The predicted molar refractivity (Wildman–Crippen MR) is 377 cm³/mol. The lowest BCUT2D eigenvalue weighted by Crippen LogP contribution is -2.63. The van der Waals surface area contributed by atoms with Crippen LogP contribution in [0.5, 0.6) is 5.75 Å². The first-order valence-corrected chi connectivity index (χ1v) is 35.6. The minimum absolute atomic E-state index is 0.0452. The lowest BCUT2D eigenvalue weighted by molar-refractivity contribution is -0.157. The number of nitrogens with zero attached hydrogens (tertiary/aromatic N) is 8. The van der Waals surface area contributed by atoms with E-state index in [1.165, 1.54) is 104 Å². The Balaban J connectivity index is 1.89. The van der Waals surface area contributed by atoms with Crippen molar-refractivity contribution in [2.75, 3.05) is 55.9 Å². The fraction of sp³-hybridized carbons (Fsp3) is 0.694. The van der Waals surface area contributed by atoms with Crippen molar-refractivity contribution >= 4 is 76.7 Å². The third-order valence-corrected chi connectivity index (χ3v) is 19.5. The number of thioether (sulfide) groups is 1. The number of carbonyl (C=O) groups excluding carboxylic acids is 11. The Bertz CT molecular complexity index is 3060. The van der Waals surface area contributed by atoms with Crippen LogP contribution in [0.1, 0.15) is 155 Å². The van der Waals surface area contributed by atoms with E-state index in [1.807, 2.05) is 98.7 Å². The number of aromatic nitrogens is 1. The lowest BCUT2D eigenvalue weighted by Gasteiger charge is -2.41. The van der Waals surface area contributed by atoms with E-state index in [0.29, 0.717) is 12.2 Å². The number of rotatable bonds is 17. The Morgan fingerprint density at radius 2 is 1.06 bits per heavy atom. The Labute approximate surface area is 587 Å². The summed E-state index contributed by atoms with van der Waals surface area (Å²) in [5, 5.41) is 11.2. The molecule has 0 bridgehead atoms. The zero-order valence-electron chi connectivity index (χ0n) is 62.5. The Hall–Kier alpha value is -7.35. The third kappa shape index (κ3) is 22.6. The van der Waals surface area contributed by atoms with Gasteiger partial charge in [0.15, 0.2) is 0 Å². The van der Waals surface area contributed by atoms with Gasteiger partial charge in [-0.05, 0) is 118 Å². The van der Waals surface area contributed by atoms with Crippen LogP contribution in [0.15, 0.2) is 53.7 Å². The molecule has 2 aliphatic heterocycles. The van der Waals surface area contributed by atoms with Gasteiger partial charge in [-0.1, -0.05) is 121 Å². The van der Waals surface area contributed by atoms with Gasteiger partial charge in [-0.3, -0.25) is 57.7 Å². The Morgan fingerprint density at radius 3 is 1.59 bits per heavy atom. The van der Waals surface area contributed by atoms with Crippen molar-refractivity contribution < 1.29 is 62.2 Å². The molecule has 2 aliphatic rings. The van der Waals surface area contributed by atoms with E-state index in [0.717, 1.165) is 15.4 Å². The van der Waals surface area contributed by atoms with Crippen LogP contribution in [-0.2, 0) is 64.1 Å². The van der Waals surface area contributed by atoms with Gasteiger partial charge in [0, 0.05) is 72.2 Å². The second kappa shape index (κ2) is 37.7. The number of pyridine rings is 1. The average molecular weight is 1390 g/mol. The molecule has 0 unspecified atom stereocenters. The summed E-state index contributed by atoms with van der Waals surface area (Å²) in [6.45, 7) is 28.3. The summed E-state index contributed by atoms with van der Waals surface area (Å²) in [7, 11) is 10.2. The zero-order chi connectivity index (χ0) is 74.1. The van der Waals surface area contributed by atoms with Crippen LogP contribution in [-0.4, -0.2) is 232 Å². The molecule has 2 aromatic rings. The van der Waals surface area contributed by atoms with Crippen molar-refractivity contribution in [3.8, 4) is 5.75 Å². The topological polar surface area (TPSA) is 290 Å². The smallest absolute Gasteiger partial charge is 0.246 e. The van der Waals surface area contributed by atoms with Crippen LogP contribution in [0.4, 0.5) is 0 Å². The fourth-order valence-electron chi connectivity index (χ4n) is 12.6. The van der Waals surface area contributed by atoms with Crippen molar-refractivity contribution in [3.05, 3.63) is 54.4 Å². The molecule has 0 aliphatic carbocycles. The highest BCUT2D eigenvalue weighted by Crippen LogP contribution is 2.40. The summed E-state index contributed by atoms with van der Waals surface area (Å²) in [5.41, 5.74) is 0.354. The molecule has 2 fully saturated rings. The molecule has 98 heavy (non-hydrogen) atoms. The third-order valence-electron chi connectivity index (χ3n) is 18.4. The van der Waals surface area contributed by atoms with Gasteiger partial charge >= 0.3 is 0 Å². The molecule has 1 aromatic heterocycles. The maximum atomic E-state index is 15.7. The molecule has 11 amide bonds. The molecule has 13 atom stereocenters. The number of hydrogen-bond donors (Lipinski definition) is 4. The van der Waals surface area contributed by atoms with Crippen LogP contribution in [0.2, 0.25) is 0 Å². The number of amides is 11. The van der Waals surface area contributed by atoms with Gasteiger partial charge in [-0.25, -0.2) is 0 Å². The van der Waals surface area contributed by atoms with Crippen LogP contribution >= 0.6 is 11.8 Å². The number of ether oxygens (including phenoxy) is 2. The quantitative estimate of drug-likeness (QED) is 0.145. The van der Waals surface area contributed by atoms with Crippen molar-refractivity contribution in [1.29, 1.82) is 0 Å². The van der Waals surface area contributed by atoms with Crippen LogP contribution in [0, 0.1) is 41.4 Å². The Kier molecular flexibility index (Phi) is 32.0. The first-order chi connectivity index (χ1) is 45.7. The summed E-state index contributed by atoms with van der Waals surface area (Å²) >= 11 is 1.42. The van der Waals surface area contributed by atoms with Crippen molar-refractivity contribution in [3.63, 3.8) is 0 Å². The second-order valence-electron chi connectivity index (χ2n) is 29.3. The van der Waals surface area contributed by atoms with Crippen molar-refractivity contribution in [2.24, 2.45) is 41.4 Å². The number of nitrogens with one attached hydrogen (secondary N) is 4. The van der Waals surface area contributed by atoms with Gasteiger partial charge in [0.25, 0.3) is 0 Å². The SMILES string of the molecule is CC[C@@H]1NC(=O)[C@H]([C@@H]2O[C@@H](Sc3cccc(OCc4cccnc4)c3)C[C@H]2C)N(C)C(=O)[C@H](C(C)C)N(C)C(=O)[C@H](CC(C)C)N(C)C(=O)[C@H](CC(C)C)N(C)C(=O)[C@@H](C)NC(=O)[C@H](C)NC(=O)[C@H](CC(C)C)N(C)C(=O)[C@H](C(C)C)NC(=O)[C@H](CC(C)C)N(C)C(=O)CN(C)C1=O. The summed E-state index contributed by atoms with van der Waals surface area (Å²) in [6.07, 6.45) is 3.54. The highest BCUT2D eigenvalue weighted by atomic mass is 32.2. The fourth-order valence-corrected chi connectivity index (χ4v) is 13.8. The minimum atomic E-state index is -1.41. The van der Waals surface area contributed by atoms with E-state index >= 15 is 19.2 Å². The number of benzene rings is 1. The monoisotopic (exact) mass is 1390 g/mol. The summed E-state index contributed by atoms with van der Waals surface area (Å²) < 4.78 is 13.0. The number of carbonyl (C=O) groups is 11. The summed E-state index contributed by atoms with van der Waals surface area (Å²) in [4.78, 5) is 177. The van der Waals surface area contributed by atoms with Gasteiger partial charge in [-0.15, -0.1) is 0 Å². The van der Waals surface area contributed by atoms with E-state index in [-0.39, 0.29) is 68.3 Å². The zero-order valence-corrected chi connectivity index (χ0v) is 63.4. The standard InChI is InChI=1S/C72H116N12O13S/c1-24-52-68(91)78(17)38-57(85)79(18)53(31-40(2)3)65(88)77-59(44(10)11)71(94)80(19)54(32-41(4)5)64(87)74-47(15)63(86)75-48(16)67(90)81(20)55(33-42(6)7)69(92)82(21)56(34-43(8)9)70(93)83(22)60(45(12)13)72(95)84(23)61(66(89)76-52)62-46(14)35-58(97-62)98-51-29-25-28-50(36-51)96-39-49-27-26-30-73-37-49/h25-30,36-37,40-48,52-56,58-62H,24,31-35,38-39H2,1-23H3,(H,74,87)(H,75,86)(H,76,89)(H,77,88)/t46-,47+,48-,52+,53+,54+,55+,56+,58+,59+,60+,61+,62-/m1/s1. The first-order valence-electron chi connectivity index (χ1n) is 34.7. The van der Waals surface area contributed by atoms with Crippen molar-refractivity contribution in [1.82, 2.24) is 60.6 Å². The lowest BCUT2D eigenvalue weighted by atomic mass is 9.93. The number of hydrogen-bond acceptors (Lipinski definition) is 15. The summed E-state index contributed by atoms with van der Waals surface area (Å²) in [5.74, 6) is -8.56. The second-order valence-corrected chi connectivity index (χ2v) is 30.5. The van der Waals surface area contributed by atoms with Crippen molar-refractivity contribution in [2.45, 2.75) is 233 Å². The highest BCUT2D eigenvalue weighted by Gasteiger charge is 2.49. The molecule has 3 heterocycles. The maximum absolute atomic E-state index is 15.7. The van der Waals surface area contributed by atoms with E-state index < -0.39 is 155 Å². The van der Waals surface area contributed by atoms with Gasteiger partial charge in [0.2, 0.25) is 65.0 Å². The molecular weight excluding hydrogens is 1270 g/mol. The molecule has 2 saturated heterocycles. The molecule has 4 N–H and O–H groups in total. The molecule has 4 rings (SSSR count). The van der Waals surface area contributed by atoms with E-state index in [2.05, 4.69) is 26.3 Å². The maximum Gasteiger partial charge on any atom is 0.246 e. The van der Waals surface area contributed by atoms with E-state index in [9.17, 15) is 33.6 Å². The van der Waals surface area contributed by atoms with Crippen LogP contribution in [0.25, 0.3) is 0 Å². The number of likely N-dealkylation sites (N-methyl/N-ethyl adjacent to an activating group) is 7. The van der Waals surface area contributed by atoms with Crippen LogP contribution < -0.4 is 26.0 Å².